The molecule has 0 heterocycles. The lowest BCUT2D eigenvalue weighted by Crippen LogP contribution is -2.04. The summed E-state index contributed by atoms with van der Waals surface area (Å²) in [6, 6.07) is 8.62. The van der Waals surface area contributed by atoms with Gasteiger partial charge in [0.15, 0.2) is 0 Å². The van der Waals surface area contributed by atoms with Crippen LogP contribution in [0.2, 0.25) is 5.02 Å². The standard InChI is InChI=1S/C13H7ClF4/c14-11-7-8(13(16,17)18)5-6-9(11)10-3-1-2-4-12(10)15/h1-7H. The van der Waals surface area contributed by atoms with E-state index in [1.807, 2.05) is 0 Å². The Balaban J connectivity index is 2.52. The number of hydrogen-bond acceptors (Lipinski definition) is 0. The molecular weight excluding hydrogens is 268 g/mol. The van der Waals surface area contributed by atoms with E-state index in [1.165, 1.54) is 24.3 Å². The van der Waals surface area contributed by atoms with Crippen LogP contribution in [0.5, 0.6) is 0 Å². The molecule has 0 saturated carbocycles. The topological polar surface area (TPSA) is 0 Å². The third-order valence-corrected chi connectivity index (χ3v) is 2.77. The molecule has 2 aromatic rings. The number of halogens is 5. The first-order valence-corrected chi connectivity index (χ1v) is 5.39. The lowest BCUT2D eigenvalue weighted by molar-refractivity contribution is -0.137. The van der Waals surface area contributed by atoms with Gasteiger partial charge in [0.1, 0.15) is 5.82 Å². The Kier molecular flexibility index (Phi) is 3.30. The lowest BCUT2D eigenvalue weighted by atomic mass is 10.0. The molecule has 0 unspecified atom stereocenters. The van der Waals surface area contributed by atoms with Crippen molar-refractivity contribution in [3.05, 3.63) is 58.9 Å². The molecule has 0 N–H and O–H groups in total. The minimum Gasteiger partial charge on any atom is -0.206 e. The predicted molar refractivity (Wildman–Crippen MR) is 61.8 cm³/mol. The summed E-state index contributed by atoms with van der Waals surface area (Å²) in [5.41, 5.74) is -0.438. The highest BCUT2D eigenvalue weighted by Crippen LogP contribution is 2.36. The zero-order valence-corrected chi connectivity index (χ0v) is 9.69. The Hall–Kier alpha value is -1.55. The molecule has 0 spiro atoms. The van der Waals surface area contributed by atoms with Gasteiger partial charge in [-0.3, -0.25) is 0 Å². The second-order valence-electron chi connectivity index (χ2n) is 3.67. The van der Waals surface area contributed by atoms with Crippen molar-refractivity contribution in [2.45, 2.75) is 6.18 Å². The zero-order valence-electron chi connectivity index (χ0n) is 8.93. The third-order valence-electron chi connectivity index (χ3n) is 2.46. The lowest BCUT2D eigenvalue weighted by Gasteiger charge is -2.10. The first-order chi connectivity index (χ1) is 8.39. The second-order valence-corrected chi connectivity index (χ2v) is 4.08. The zero-order chi connectivity index (χ0) is 13.3. The summed E-state index contributed by atoms with van der Waals surface area (Å²) < 4.78 is 50.9. The van der Waals surface area contributed by atoms with Crippen LogP contribution in [0.3, 0.4) is 0 Å². The Bertz CT molecular complexity index is 575. The predicted octanol–water partition coefficient (Wildman–Crippen LogP) is 5.16. The summed E-state index contributed by atoms with van der Waals surface area (Å²) in [5.74, 6) is -0.529. The quantitative estimate of drug-likeness (QED) is 0.630. The number of hydrogen-bond donors (Lipinski definition) is 0. The first kappa shape index (κ1) is 12.9. The van der Waals surface area contributed by atoms with E-state index in [1.54, 1.807) is 6.07 Å². The maximum atomic E-state index is 13.5. The maximum Gasteiger partial charge on any atom is 0.416 e. The van der Waals surface area contributed by atoms with E-state index in [-0.39, 0.29) is 16.1 Å². The Morgan fingerprint density at radius 2 is 1.56 bits per heavy atom. The fourth-order valence-corrected chi connectivity index (χ4v) is 1.87. The van der Waals surface area contributed by atoms with Crippen LogP contribution in [0, 0.1) is 5.82 Å². The fraction of sp³-hybridized carbons (Fsp3) is 0.0769. The summed E-state index contributed by atoms with van der Waals surface area (Å²) in [6.45, 7) is 0. The number of benzene rings is 2. The van der Waals surface area contributed by atoms with Gasteiger partial charge in [0.05, 0.1) is 5.56 Å². The van der Waals surface area contributed by atoms with E-state index in [0.717, 1.165) is 12.1 Å². The maximum absolute atomic E-state index is 13.5. The van der Waals surface area contributed by atoms with E-state index in [2.05, 4.69) is 0 Å². The van der Waals surface area contributed by atoms with Gasteiger partial charge in [-0.05, 0) is 18.2 Å². The van der Waals surface area contributed by atoms with Crippen molar-refractivity contribution < 1.29 is 17.6 Å². The van der Waals surface area contributed by atoms with Crippen molar-refractivity contribution >= 4 is 11.6 Å². The summed E-state index contributed by atoms with van der Waals surface area (Å²) in [4.78, 5) is 0. The van der Waals surface area contributed by atoms with Gasteiger partial charge < -0.3 is 0 Å². The van der Waals surface area contributed by atoms with Gasteiger partial charge in [0, 0.05) is 16.1 Å². The molecule has 5 heteroatoms. The second kappa shape index (κ2) is 4.61. The van der Waals surface area contributed by atoms with Crippen LogP contribution in [-0.2, 0) is 6.18 Å². The molecular formula is C13H7ClF4. The van der Waals surface area contributed by atoms with Crippen molar-refractivity contribution in [1.82, 2.24) is 0 Å². The molecule has 0 aliphatic carbocycles. The fourth-order valence-electron chi connectivity index (χ4n) is 1.59. The normalized spacial score (nSPS) is 11.6. The minimum atomic E-state index is -4.46. The average Bonchev–Trinajstić information content (AvgIpc) is 2.29. The molecule has 0 radical (unpaired) electrons. The van der Waals surface area contributed by atoms with E-state index >= 15 is 0 Å². The third kappa shape index (κ3) is 2.48. The van der Waals surface area contributed by atoms with E-state index < -0.39 is 17.6 Å². The highest BCUT2D eigenvalue weighted by atomic mass is 35.5. The van der Waals surface area contributed by atoms with Crippen molar-refractivity contribution in [3.8, 4) is 11.1 Å². The molecule has 0 aromatic heterocycles. The molecule has 0 bridgehead atoms. The summed E-state index contributed by atoms with van der Waals surface area (Å²) in [6.07, 6.45) is -4.46. The molecule has 0 amide bonds. The molecule has 2 rings (SSSR count). The average molecular weight is 275 g/mol. The monoisotopic (exact) mass is 274 g/mol. The molecule has 0 fully saturated rings. The van der Waals surface area contributed by atoms with Crippen LogP contribution in [0.25, 0.3) is 11.1 Å². The first-order valence-electron chi connectivity index (χ1n) is 5.01. The summed E-state index contributed by atoms with van der Waals surface area (Å²) in [7, 11) is 0. The van der Waals surface area contributed by atoms with E-state index in [0.29, 0.717) is 0 Å². The van der Waals surface area contributed by atoms with Gasteiger partial charge in [-0.15, -0.1) is 0 Å². The molecule has 94 valence electrons. The van der Waals surface area contributed by atoms with E-state index in [4.69, 9.17) is 11.6 Å². The van der Waals surface area contributed by atoms with Crippen LogP contribution in [0.1, 0.15) is 5.56 Å². The van der Waals surface area contributed by atoms with Crippen molar-refractivity contribution in [3.63, 3.8) is 0 Å². The Morgan fingerprint density at radius 1 is 0.889 bits per heavy atom. The van der Waals surface area contributed by atoms with Crippen LogP contribution in [-0.4, -0.2) is 0 Å². The molecule has 0 saturated heterocycles. The van der Waals surface area contributed by atoms with Crippen molar-refractivity contribution in [1.29, 1.82) is 0 Å². The molecule has 0 nitrogen and oxygen atoms in total. The summed E-state index contributed by atoms with van der Waals surface area (Å²) >= 11 is 5.78. The summed E-state index contributed by atoms with van der Waals surface area (Å²) in [5, 5.41) is -0.130. The van der Waals surface area contributed by atoms with Gasteiger partial charge in [-0.2, -0.15) is 13.2 Å². The highest BCUT2D eigenvalue weighted by Gasteiger charge is 2.31. The van der Waals surface area contributed by atoms with Crippen LogP contribution in [0.15, 0.2) is 42.5 Å². The van der Waals surface area contributed by atoms with Gasteiger partial charge in [-0.25, -0.2) is 4.39 Å². The number of alkyl halides is 3. The molecule has 2 aromatic carbocycles. The van der Waals surface area contributed by atoms with Crippen LogP contribution in [0.4, 0.5) is 17.6 Å². The molecule has 18 heavy (non-hydrogen) atoms. The van der Waals surface area contributed by atoms with Gasteiger partial charge >= 0.3 is 6.18 Å². The van der Waals surface area contributed by atoms with Gasteiger partial charge in [0.2, 0.25) is 0 Å². The smallest absolute Gasteiger partial charge is 0.206 e. The SMILES string of the molecule is Fc1ccccc1-c1ccc(C(F)(F)F)cc1Cl. The van der Waals surface area contributed by atoms with Gasteiger partial charge in [0.25, 0.3) is 0 Å². The van der Waals surface area contributed by atoms with Gasteiger partial charge in [-0.1, -0.05) is 35.9 Å². The molecule has 0 aliphatic heterocycles. The largest absolute Gasteiger partial charge is 0.416 e. The van der Waals surface area contributed by atoms with Crippen molar-refractivity contribution in [2.24, 2.45) is 0 Å². The van der Waals surface area contributed by atoms with Crippen LogP contribution < -0.4 is 0 Å². The minimum absolute atomic E-state index is 0.130. The Morgan fingerprint density at radius 3 is 2.11 bits per heavy atom. The van der Waals surface area contributed by atoms with Crippen molar-refractivity contribution in [2.75, 3.05) is 0 Å². The number of rotatable bonds is 1. The van der Waals surface area contributed by atoms with Crippen LogP contribution >= 0.6 is 11.6 Å². The van der Waals surface area contributed by atoms with E-state index in [9.17, 15) is 17.6 Å². The highest BCUT2D eigenvalue weighted by molar-refractivity contribution is 6.33. The molecule has 0 aliphatic rings. The Labute approximate surface area is 106 Å². The molecule has 0 atom stereocenters.